The van der Waals surface area contributed by atoms with Gasteiger partial charge in [0, 0.05) is 23.1 Å². The first kappa shape index (κ1) is 23.7. The molecular formula is C28H25N7O2. The summed E-state index contributed by atoms with van der Waals surface area (Å²) in [7, 11) is 0. The van der Waals surface area contributed by atoms with Crippen molar-refractivity contribution in [2.45, 2.75) is 20.4 Å². The third-order valence-electron chi connectivity index (χ3n) is 5.65. The molecule has 3 N–H and O–H groups in total. The third-order valence-corrected chi connectivity index (χ3v) is 5.65. The second-order valence-electron chi connectivity index (χ2n) is 8.62. The van der Waals surface area contributed by atoms with Crippen LogP contribution in [0.1, 0.15) is 11.4 Å². The summed E-state index contributed by atoms with van der Waals surface area (Å²) in [5.41, 5.74) is 3.88. The van der Waals surface area contributed by atoms with Crippen LogP contribution in [0.3, 0.4) is 0 Å². The monoisotopic (exact) mass is 491 g/mol. The van der Waals surface area contributed by atoms with E-state index < -0.39 is 0 Å². The van der Waals surface area contributed by atoms with E-state index >= 15 is 0 Å². The average molecular weight is 492 g/mol. The standard InChI is InChI=1S/C28H25N7O2/c1-18-7-9-20(10-8-18)32-25-15-26(31-19(2)30-25)33-21-11-13-22(14-12-21)34-27(36)16-35-17-29-24-6-4-3-5-23(24)28(35)37/h3-15,17H,16H2,1-2H3,(H,34,36)(H2,30,31,32,33). The fraction of sp³-hybridized carbons (Fsp3) is 0.107. The zero-order valence-electron chi connectivity index (χ0n) is 20.4. The van der Waals surface area contributed by atoms with Crippen molar-refractivity contribution in [2.24, 2.45) is 0 Å². The number of aromatic nitrogens is 4. The van der Waals surface area contributed by atoms with Gasteiger partial charge < -0.3 is 16.0 Å². The fourth-order valence-corrected chi connectivity index (χ4v) is 3.84. The molecule has 0 unspecified atom stereocenters. The van der Waals surface area contributed by atoms with E-state index in [1.54, 1.807) is 30.3 Å². The number of nitrogens with one attached hydrogen (secondary N) is 3. The molecule has 0 saturated heterocycles. The van der Waals surface area contributed by atoms with Crippen molar-refractivity contribution in [1.29, 1.82) is 0 Å². The van der Waals surface area contributed by atoms with Gasteiger partial charge in [-0.25, -0.2) is 15.0 Å². The summed E-state index contributed by atoms with van der Waals surface area (Å²) in [4.78, 5) is 38.3. The zero-order chi connectivity index (χ0) is 25.8. The van der Waals surface area contributed by atoms with Crippen LogP contribution in [0.15, 0.2) is 90.0 Å². The second-order valence-corrected chi connectivity index (χ2v) is 8.62. The predicted molar refractivity (Wildman–Crippen MR) is 146 cm³/mol. The highest BCUT2D eigenvalue weighted by Gasteiger charge is 2.09. The molecule has 2 heterocycles. The molecule has 1 amide bonds. The molecular weight excluding hydrogens is 466 g/mol. The number of anilines is 5. The molecule has 0 fully saturated rings. The number of para-hydroxylation sites is 1. The molecule has 0 aliphatic carbocycles. The van der Waals surface area contributed by atoms with E-state index in [4.69, 9.17) is 0 Å². The Morgan fingerprint density at radius 1 is 0.811 bits per heavy atom. The van der Waals surface area contributed by atoms with Crippen LogP contribution in [0.5, 0.6) is 0 Å². The van der Waals surface area contributed by atoms with Crippen LogP contribution >= 0.6 is 0 Å². The Balaban J connectivity index is 1.23. The van der Waals surface area contributed by atoms with Gasteiger partial charge in [0.15, 0.2) is 0 Å². The van der Waals surface area contributed by atoms with E-state index in [1.165, 1.54) is 16.5 Å². The number of nitrogens with zero attached hydrogens (tertiary/aromatic N) is 4. The Bertz CT molecular complexity index is 1630. The number of carbonyl (C=O) groups is 1. The number of benzene rings is 3. The topological polar surface area (TPSA) is 114 Å². The summed E-state index contributed by atoms with van der Waals surface area (Å²) in [6, 6.07) is 24.2. The Hall–Kier alpha value is -5.05. The largest absolute Gasteiger partial charge is 0.340 e. The van der Waals surface area contributed by atoms with E-state index in [2.05, 4.69) is 30.9 Å². The lowest BCUT2D eigenvalue weighted by Crippen LogP contribution is -2.27. The van der Waals surface area contributed by atoms with Crippen LogP contribution in [-0.4, -0.2) is 25.4 Å². The van der Waals surface area contributed by atoms with Crippen molar-refractivity contribution in [1.82, 2.24) is 19.5 Å². The van der Waals surface area contributed by atoms with Crippen molar-refractivity contribution in [3.05, 3.63) is 107 Å². The van der Waals surface area contributed by atoms with Gasteiger partial charge in [0.05, 0.1) is 17.2 Å². The Kier molecular flexibility index (Phi) is 6.58. The molecule has 0 atom stereocenters. The first-order valence-electron chi connectivity index (χ1n) is 11.7. The van der Waals surface area contributed by atoms with Gasteiger partial charge >= 0.3 is 0 Å². The van der Waals surface area contributed by atoms with Gasteiger partial charge in [0.2, 0.25) is 5.91 Å². The maximum absolute atomic E-state index is 12.6. The molecule has 0 aliphatic rings. The molecule has 0 bridgehead atoms. The van der Waals surface area contributed by atoms with E-state index in [0.717, 1.165) is 11.4 Å². The summed E-state index contributed by atoms with van der Waals surface area (Å²) in [6.07, 6.45) is 1.39. The highest BCUT2D eigenvalue weighted by atomic mass is 16.2. The van der Waals surface area contributed by atoms with E-state index in [9.17, 15) is 9.59 Å². The summed E-state index contributed by atoms with van der Waals surface area (Å²) >= 11 is 0. The summed E-state index contributed by atoms with van der Waals surface area (Å²) in [5, 5.41) is 9.86. The number of rotatable bonds is 7. The highest BCUT2D eigenvalue weighted by Crippen LogP contribution is 2.22. The highest BCUT2D eigenvalue weighted by molar-refractivity contribution is 5.91. The predicted octanol–water partition coefficient (Wildman–Crippen LogP) is 4.93. The lowest BCUT2D eigenvalue weighted by atomic mass is 10.2. The lowest BCUT2D eigenvalue weighted by Gasteiger charge is -2.11. The fourth-order valence-electron chi connectivity index (χ4n) is 3.84. The Morgan fingerprint density at radius 2 is 1.41 bits per heavy atom. The van der Waals surface area contributed by atoms with Crippen LogP contribution in [0.2, 0.25) is 0 Å². The SMILES string of the molecule is Cc1ccc(Nc2cc(Nc3ccc(NC(=O)Cn4cnc5ccccc5c4=O)cc3)nc(C)n2)cc1. The van der Waals surface area contributed by atoms with E-state index in [0.29, 0.717) is 34.1 Å². The quantitative estimate of drug-likeness (QED) is 0.296. The minimum absolute atomic E-state index is 0.131. The van der Waals surface area contributed by atoms with E-state index in [1.807, 2.05) is 62.4 Å². The summed E-state index contributed by atoms with van der Waals surface area (Å²) in [6.45, 7) is 3.75. The molecule has 0 aliphatic heterocycles. The van der Waals surface area contributed by atoms with Gasteiger partial charge in [-0.2, -0.15) is 0 Å². The minimum atomic E-state index is -0.321. The van der Waals surface area contributed by atoms with Crippen LogP contribution < -0.4 is 21.5 Å². The number of amides is 1. The minimum Gasteiger partial charge on any atom is -0.340 e. The summed E-state index contributed by atoms with van der Waals surface area (Å²) < 4.78 is 1.30. The molecule has 0 spiro atoms. The first-order chi connectivity index (χ1) is 17.9. The number of hydrogen-bond acceptors (Lipinski definition) is 7. The molecule has 3 aromatic carbocycles. The number of aryl methyl sites for hydroxylation is 2. The van der Waals surface area contributed by atoms with Gasteiger partial charge in [-0.05, 0) is 62.4 Å². The number of carbonyl (C=O) groups excluding carboxylic acids is 1. The maximum Gasteiger partial charge on any atom is 0.261 e. The van der Waals surface area contributed by atoms with Gasteiger partial charge in [-0.15, -0.1) is 0 Å². The van der Waals surface area contributed by atoms with Gasteiger partial charge in [0.25, 0.3) is 5.56 Å². The molecule has 9 nitrogen and oxygen atoms in total. The van der Waals surface area contributed by atoms with Crippen LogP contribution in [0, 0.1) is 13.8 Å². The van der Waals surface area contributed by atoms with Gasteiger partial charge in [0.1, 0.15) is 24.0 Å². The molecule has 0 radical (unpaired) electrons. The van der Waals surface area contributed by atoms with Gasteiger partial charge in [-0.3, -0.25) is 14.2 Å². The molecule has 5 aromatic rings. The maximum atomic E-state index is 12.6. The number of hydrogen-bond donors (Lipinski definition) is 3. The molecule has 0 saturated carbocycles. The molecule has 9 heteroatoms. The normalized spacial score (nSPS) is 10.8. The van der Waals surface area contributed by atoms with Crippen molar-refractivity contribution >= 4 is 45.5 Å². The smallest absolute Gasteiger partial charge is 0.261 e. The van der Waals surface area contributed by atoms with Crippen LogP contribution in [0.4, 0.5) is 28.7 Å². The van der Waals surface area contributed by atoms with Crippen molar-refractivity contribution < 1.29 is 4.79 Å². The zero-order valence-corrected chi connectivity index (χ0v) is 20.4. The Labute approximate surface area is 213 Å². The third kappa shape index (κ3) is 5.79. The van der Waals surface area contributed by atoms with E-state index in [-0.39, 0.29) is 18.0 Å². The van der Waals surface area contributed by atoms with Crippen LogP contribution in [0.25, 0.3) is 10.9 Å². The summed E-state index contributed by atoms with van der Waals surface area (Å²) in [5.74, 6) is 1.63. The average Bonchev–Trinajstić information content (AvgIpc) is 2.88. The molecule has 2 aromatic heterocycles. The second kappa shape index (κ2) is 10.3. The number of fused-ring (bicyclic) bond motifs is 1. The lowest BCUT2D eigenvalue weighted by molar-refractivity contribution is -0.116. The van der Waals surface area contributed by atoms with Crippen molar-refractivity contribution in [3.63, 3.8) is 0 Å². The molecule has 5 rings (SSSR count). The van der Waals surface area contributed by atoms with Gasteiger partial charge in [-0.1, -0.05) is 29.8 Å². The molecule has 184 valence electrons. The van der Waals surface area contributed by atoms with Crippen LogP contribution in [-0.2, 0) is 11.3 Å². The molecule has 37 heavy (non-hydrogen) atoms. The van der Waals surface area contributed by atoms with Crippen molar-refractivity contribution in [3.8, 4) is 0 Å². The van der Waals surface area contributed by atoms with Crippen molar-refractivity contribution in [2.75, 3.05) is 16.0 Å². The Morgan fingerprint density at radius 3 is 2.08 bits per heavy atom. The first-order valence-corrected chi connectivity index (χ1v) is 11.7.